The van der Waals surface area contributed by atoms with Crippen molar-refractivity contribution in [2.45, 2.75) is 52.7 Å². The van der Waals surface area contributed by atoms with E-state index in [4.69, 9.17) is 14.2 Å². The average Bonchev–Trinajstić information content (AvgIpc) is 2.80. The summed E-state index contributed by atoms with van der Waals surface area (Å²) in [7, 11) is 0. The molecule has 0 N–H and O–H groups in total. The first kappa shape index (κ1) is 26.1. The summed E-state index contributed by atoms with van der Waals surface area (Å²) in [5, 5.41) is 0. The van der Waals surface area contributed by atoms with Gasteiger partial charge >= 0.3 is 17.9 Å². The second-order valence-electron chi connectivity index (χ2n) is 7.64. The van der Waals surface area contributed by atoms with Gasteiger partial charge in [-0.05, 0) is 36.3 Å². The molecule has 0 aliphatic rings. The van der Waals surface area contributed by atoms with Crippen molar-refractivity contribution < 1.29 is 28.6 Å². The molecule has 33 heavy (non-hydrogen) atoms. The Kier molecular flexibility index (Phi) is 11.1. The third-order valence-corrected chi connectivity index (χ3v) is 5.21. The maximum atomic E-state index is 12.5. The van der Waals surface area contributed by atoms with Crippen LogP contribution in [0.15, 0.2) is 54.6 Å². The van der Waals surface area contributed by atoms with Crippen LogP contribution >= 0.6 is 0 Å². The van der Waals surface area contributed by atoms with E-state index in [0.717, 1.165) is 24.2 Å². The normalized spacial score (nSPS) is 11.6. The van der Waals surface area contributed by atoms with Crippen molar-refractivity contribution in [2.24, 2.45) is 0 Å². The number of nitrogens with zero attached hydrogens (tertiary/aromatic N) is 1. The standard InChI is InChI=1S/C26H33NO6/c1-4-27(5-2)23(18-26(30)32-19-22-9-7-6-8-10-22)17-25(29)31-16-15-21-11-13-24(14-12-21)33-20(3)28/h6-14,23H,4-5,15-19H2,1-3H3/t23-/m1/s1. The first-order valence-electron chi connectivity index (χ1n) is 11.3. The fourth-order valence-electron chi connectivity index (χ4n) is 3.48. The molecule has 178 valence electrons. The zero-order valence-electron chi connectivity index (χ0n) is 19.6. The van der Waals surface area contributed by atoms with Crippen molar-refractivity contribution in [2.75, 3.05) is 19.7 Å². The van der Waals surface area contributed by atoms with E-state index in [9.17, 15) is 14.4 Å². The smallest absolute Gasteiger partial charge is 0.308 e. The Labute approximate surface area is 195 Å². The summed E-state index contributed by atoms with van der Waals surface area (Å²) in [5.41, 5.74) is 1.88. The van der Waals surface area contributed by atoms with Crippen LogP contribution in [0, 0.1) is 0 Å². The largest absolute Gasteiger partial charge is 0.465 e. The minimum Gasteiger partial charge on any atom is -0.465 e. The highest BCUT2D eigenvalue weighted by molar-refractivity contribution is 5.74. The fourth-order valence-corrected chi connectivity index (χ4v) is 3.48. The highest BCUT2D eigenvalue weighted by Gasteiger charge is 2.24. The molecule has 1 atom stereocenters. The predicted molar refractivity (Wildman–Crippen MR) is 125 cm³/mol. The molecule has 0 fully saturated rings. The molecule has 7 nitrogen and oxygen atoms in total. The molecule has 0 saturated carbocycles. The van der Waals surface area contributed by atoms with Gasteiger partial charge in [0.05, 0.1) is 19.4 Å². The maximum absolute atomic E-state index is 12.5. The minimum atomic E-state index is -0.372. The summed E-state index contributed by atoms with van der Waals surface area (Å²) in [6.07, 6.45) is 0.788. The Morgan fingerprint density at radius 3 is 2.00 bits per heavy atom. The topological polar surface area (TPSA) is 82.1 Å². The highest BCUT2D eigenvalue weighted by atomic mass is 16.5. The molecule has 0 aliphatic carbocycles. The quantitative estimate of drug-likeness (QED) is 0.334. The van der Waals surface area contributed by atoms with Gasteiger partial charge in [-0.2, -0.15) is 0 Å². The average molecular weight is 456 g/mol. The van der Waals surface area contributed by atoms with Gasteiger partial charge in [0.1, 0.15) is 12.4 Å². The summed E-state index contributed by atoms with van der Waals surface area (Å²) in [5.74, 6) is -0.580. The Morgan fingerprint density at radius 2 is 1.42 bits per heavy atom. The molecular formula is C26H33NO6. The maximum Gasteiger partial charge on any atom is 0.308 e. The highest BCUT2D eigenvalue weighted by Crippen LogP contribution is 2.14. The van der Waals surface area contributed by atoms with Crippen molar-refractivity contribution in [1.29, 1.82) is 0 Å². The van der Waals surface area contributed by atoms with E-state index in [1.54, 1.807) is 12.1 Å². The van der Waals surface area contributed by atoms with Crippen molar-refractivity contribution in [3.8, 4) is 5.75 Å². The fraction of sp³-hybridized carbons (Fsp3) is 0.423. The summed E-state index contributed by atoms with van der Waals surface area (Å²) >= 11 is 0. The van der Waals surface area contributed by atoms with Gasteiger partial charge < -0.3 is 14.2 Å². The molecule has 0 aromatic heterocycles. The first-order valence-corrected chi connectivity index (χ1v) is 11.3. The number of ether oxygens (including phenoxy) is 3. The second-order valence-corrected chi connectivity index (χ2v) is 7.64. The van der Waals surface area contributed by atoms with E-state index in [1.165, 1.54) is 6.92 Å². The lowest BCUT2D eigenvalue weighted by atomic mass is 10.1. The number of esters is 3. The molecular weight excluding hydrogens is 422 g/mol. The number of hydrogen-bond acceptors (Lipinski definition) is 7. The van der Waals surface area contributed by atoms with Gasteiger partial charge in [-0.25, -0.2) is 0 Å². The summed E-state index contributed by atoms with van der Waals surface area (Å²) in [6, 6.07) is 16.3. The number of carbonyl (C=O) groups excluding carboxylic acids is 3. The molecule has 0 saturated heterocycles. The van der Waals surface area contributed by atoms with Gasteiger partial charge in [0.15, 0.2) is 0 Å². The zero-order chi connectivity index (χ0) is 24.1. The summed E-state index contributed by atoms with van der Waals surface area (Å²) < 4.78 is 15.8. The van der Waals surface area contributed by atoms with Gasteiger partial charge in [-0.1, -0.05) is 56.3 Å². The van der Waals surface area contributed by atoms with Crippen LogP contribution in [0.25, 0.3) is 0 Å². The van der Waals surface area contributed by atoms with Crippen molar-refractivity contribution in [1.82, 2.24) is 4.90 Å². The van der Waals surface area contributed by atoms with Gasteiger partial charge in [-0.3, -0.25) is 19.3 Å². The Bertz CT molecular complexity index is 877. The second kappa shape index (κ2) is 14.1. The number of benzene rings is 2. The van der Waals surface area contributed by atoms with Crippen LogP contribution in [0.1, 0.15) is 44.7 Å². The van der Waals surface area contributed by atoms with Gasteiger partial charge in [-0.15, -0.1) is 0 Å². The summed E-state index contributed by atoms with van der Waals surface area (Å²) in [6.45, 7) is 7.22. The minimum absolute atomic E-state index is 0.119. The van der Waals surface area contributed by atoms with Crippen molar-refractivity contribution in [3.05, 3.63) is 65.7 Å². The molecule has 0 bridgehead atoms. The molecule has 7 heteroatoms. The van der Waals surface area contributed by atoms with Crippen molar-refractivity contribution in [3.63, 3.8) is 0 Å². The molecule has 0 aliphatic heterocycles. The molecule has 0 unspecified atom stereocenters. The van der Waals surface area contributed by atoms with Crippen LogP contribution in [-0.2, 0) is 36.9 Å². The third-order valence-electron chi connectivity index (χ3n) is 5.21. The van der Waals surface area contributed by atoms with Crippen LogP contribution in [-0.4, -0.2) is 48.5 Å². The van der Waals surface area contributed by atoms with Crippen LogP contribution in [0.3, 0.4) is 0 Å². The van der Waals surface area contributed by atoms with Crippen molar-refractivity contribution >= 4 is 17.9 Å². The van der Waals surface area contributed by atoms with E-state index in [0.29, 0.717) is 12.2 Å². The van der Waals surface area contributed by atoms with Crippen LogP contribution < -0.4 is 4.74 Å². The zero-order valence-corrected chi connectivity index (χ0v) is 19.6. The summed E-state index contributed by atoms with van der Waals surface area (Å²) in [4.78, 5) is 37.9. The number of hydrogen-bond donors (Lipinski definition) is 0. The number of carbonyl (C=O) groups is 3. The monoisotopic (exact) mass is 455 g/mol. The predicted octanol–water partition coefficient (Wildman–Crippen LogP) is 3.93. The van der Waals surface area contributed by atoms with E-state index in [1.807, 2.05) is 56.3 Å². The van der Waals surface area contributed by atoms with Gasteiger partial charge in [0, 0.05) is 19.4 Å². The SMILES string of the molecule is CCN(CC)[C@H](CC(=O)OCCc1ccc(OC(C)=O)cc1)CC(=O)OCc1ccccc1. The molecule has 0 radical (unpaired) electrons. The molecule has 0 heterocycles. The lowest BCUT2D eigenvalue weighted by molar-refractivity contribution is -0.148. The first-order chi connectivity index (χ1) is 15.9. The van der Waals surface area contributed by atoms with Crippen LogP contribution in [0.4, 0.5) is 0 Å². The van der Waals surface area contributed by atoms with Crippen LogP contribution in [0.2, 0.25) is 0 Å². The molecule has 2 aromatic rings. The lowest BCUT2D eigenvalue weighted by Crippen LogP contribution is -2.39. The third kappa shape index (κ3) is 9.87. The Balaban J connectivity index is 1.82. The van der Waals surface area contributed by atoms with E-state index >= 15 is 0 Å². The van der Waals surface area contributed by atoms with Gasteiger partial charge in [0.25, 0.3) is 0 Å². The Morgan fingerprint density at radius 1 is 0.818 bits per heavy atom. The molecule has 2 rings (SSSR count). The molecule has 0 amide bonds. The number of rotatable bonds is 13. The van der Waals surface area contributed by atoms with E-state index in [-0.39, 0.29) is 50.0 Å². The lowest BCUT2D eigenvalue weighted by Gasteiger charge is -2.28. The molecule has 2 aromatic carbocycles. The van der Waals surface area contributed by atoms with E-state index in [2.05, 4.69) is 4.90 Å². The Hall–Kier alpha value is -3.19. The van der Waals surface area contributed by atoms with Crippen LogP contribution in [0.5, 0.6) is 5.75 Å². The molecule has 0 spiro atoms. The van der Waals surface area contributed by atoms with Gasteiger partial charge in [0.2, 0.25) is 0 Å². The van der Waals surface area contributed by atoms with E-state index < -0.39 is 0 Å².